The van der Waals surface area contributed by atoms with Crippen LogP contribution in [0.15, 0.2) is 18.2 Å². The molecule has 0 radical (unpaired) electrons. The minimum Gasteiger partial charge on any atom is -0.373 e. The normalized spacial score (nSPS) is 24.4. The molecule has 1 aliphatic heterocycles. The average Bonchev–Trinajstić information content (AvgIpc) is 2.26. The fourth-order valence-electron chi connectivity index (χ4n) is 2.42. The highest BCUT2D eigenvalue weighted by atomic mass is 35.5. The zero-order valence-corrected chi connectivity index (χ0v) is 12.5. The fourth-order valence-corrected chi connectivity index (χ4v) is 2.93. The van der Waals surface area contributed by atoms with Crippen molar-refractivity contribution in [2.24, 2.45) is 0 Å². The van der Waals surface area contributed by atoms with Crippen LogP contribution in [0.4, 0.5) is 0 Å². The highest BCUT2D eigenvalue weighted by Gasteiger charge is 2.24. The van der Waals surface area contributed by atoms with E-state index in [1.165, 1.54) is 0 Å². The number of carbonyl (C=O) groups excluding carboxylic acids is 1. The third-order valence-electron chi connectivity index (χ3n) is 3.09. The maximum Gasteiger partial charge on any atom is 0.178 e. The first-order valence-electron chi connectivity index (χ1n) is 6.31. The van der Waals surface area contributed by atoms with Gasteiger partial charge in [-0.05, 0) is 32.0 Å². The Kier molecular flexibility index (Phi) is 4.85. The number of rotatable bonds is 3. The smallest absolute Gasteiger partial charge is 0.178 e. The summed E-state index contributed by atoms with van der Waals surface area (Å²) in [6, 6.07) is 4.96. The monoisotopic (exact) mass is 301 g/mol. The second kappa shape index (κ2) is 6.23. The van der Waals surface area contributed by atoms with Crippen LogP contribution in [0, 0.1) is 0 Å². The summed E-state index contributed by atoms with van der Waals surface area (Å²) < 4.78 is 5.65. The van der Waals surface area contributed by atoms with Crippen molar-refractivity contribution in [3.05, 3.63) is 33.8 Å². The fraction of sp³-hybridized carbons (Fsp3) is 0.500. The summed E-state index contributed by atoms with van der Waals surface area (Å²) in [6.07, 6.45) is 0.300. The number of ketones is 1. The summed E-state index contributed by atoms with van der Waals surface area (Å²) in [5.41, 5.74) is 0.526. The van der Waals surface area contributed by atoms with Crippen molar-refractivity contribution in [2.75, 3.05) is 19.6 Å². The van der Waals surface area contributed by atoms with Gasteiger partial charge in [-0.15, -0.1) is 0 Å². The summed E-state index contributed by atoms with van der Waals surface area (Å²) in [5.74, 6) is 0.0166. The highest BCUT2D eigenvalue weighted by Crippen LogP contribution is 2.22. The molecule has 0 N–H and O–H groups in total. The Bertz CT molecular complexity index is 469. The Morgan fingerprint density at radius 2 is 1.95 bits per heavy atom. The number of morpholine rings is 1. The Labute approximate surface area is 123 Å². The molecule has 1 aromatic rings. The van der Waals surface area contributed by atoms with Gasteiger partial charge in [-0.3, -0.25) is 9.69 Å². The zero-order chi connectivity index (χ0) is 14.0. The lowest BCUT2D eigenvalue weighted by molar-refractivity contribution is -0.0652. The van der Waals surface area contributed by atoms with E-state index in [0.29, 0.717) is 22.2 Å². The summed E-state index contributed by atoms with van der Waals surface area (Å²) in [7, 11) is 0. The van der Waals surface area contributed by atoms with Crippen LogP contribution in [-0.4, -0.2) is 42.5 Å². The molecule has 104 valence electrons. The predicted octanol–water partition coefficient (Wildman–Crippen LogP) is 3.29. The van der Waals surface area contributed by atoms with Gasteiger partial charge in [0.1, 0.15) is 0 Å². The molecule has 5 heteroatoms. The number of benzene rings is 1. The molecule has 2 atom stereocenters. The van der Waals surface area contributed by atoms with E-state index in [0.717, 1.165) is 13.1 Å². The second-order valence-corrected chi connectivity index (χ2v) is 5.84. The molecule has 0 aromatic heterocycles. The number of carbonyl (C=O) groups is 1. The van der Waals surface area contributed by atoms with Gasteiger partial charge in [-0.25, -0.2) is 0 Å². The van der Waals surface area contributed by atoms with E-state index >= 15 is 0 Å². The van der Waals surface area contributed by atoms with E-state index in [1.54, 1.807) is 18.2 Å². The minimum atomic E-state index is 0.0166. The van der Waals surface area contributed by atoms with Gasteiger partial charge in [0, 0.05) is 23.7 Å². The van der Waals surface area contributed by atoms with Gasteiger partial charge in [0.25, 0.3) is 0 Å². The van der Waals surface area contributed by atoms with Crippen molar-refractivity contribution in [1.82, 2.24) is 4.90 Å². The van der Waals surface area contributed by atoms with E-state index < -0.39 is 0 Å². The van der Waals surface area contributed by atoms with Crippen molar-refractivity contribution in [3.63, 3.8) is 0 Å². The molecule has 1 heterocycles. The summed E-state index contributed by atoms with van der Waals surface area (Å²) >= 11 is 11.9. The molecule has 2 unspecified atom stereocenters. The maximum atomic E-state index is 12.2. The Balaban J connectivity index is 2.04. The van der Waals surface area contributed by atoms with Crippen LogP contribution < -0.4 is 0 Å². The number of nitrogens with zero attached hydrogens (tertiary/aromatic N) is 1. The molecule has 0 saturated carbocycles. The average molecular weight is 302 g/mol. The van der Waals surface area contributed by atoms with Crippen molar-refractivity contribution in [3.8, 4) is 0 Å². The molecular weight excluding hydrogens is 285 g/mol. The number of hydrogen-bond donors (Lipinski definition) is 0. The molecule has 1 aromatic carbocycles. The summed E-state index contributed by atoms with van der Waals surface area (Å²) in [6.45, 7) is 5.92. The molecule has 1 fully saturated rings. The van der Waals surface area contributed by atoms with Crippen LogP contribution in [-0.2, 0) is 4.74 Å². The van der Waals surface area contributed by atoms with Crippen molar-refractivity contribution in [2.45, 2.75) is 26.1 Å². The van der Waals surface area contributed by atoms with E-state index in [2.05, 4.69) is 4.90 Å². The van der Waals surface area contributed by atoms with Crippen molar-refractivity contribution in [1.29, 1.82) is 0 Å². The topological polar surface area (TPSA) is 29.5 Å². The van der Waals surface area contributed by atoms with E-state index in [9.17, 15) is 4.79 Å². The minimum absolute atomic E-state index is 0.0166. The molecule has 19 heavy (non-hydrogen) atoms. The maximum absolute atomic E-state index is 12.2. The molecule has 0 bridgehead atoms. The van der Waals surface area contributed by atoms with Crippen LogP contribution in [0.5, 0.6) is 0 Å². The number of halogens is 2. The SMILES string of the molecule is CC1CN(CC(=O)c2ccc(Cl)cc2Cl)CC(C)O1. The van der Waals surface area contributed by atoms with E-state index in [4.69, 9.17) is 27.9 Å². The quantitative estimate of drug-likeness (QED) is 0.803. The number of hydrogen-bond acceptors (Lipinski definition) is 3. The molecule has 2 rings (SSSR count). The van der Waals surface area contributed by atoms with Gasteiger partial charge in [0.15, 0.2) is 5.78 Å². The zero-order valence-electron chi connectivity index (χ0n) is 11.0. The van der Waals surface area contributed by atoms with Crippen molar-refractivity contribution < 1.29 is 9.53 Å². The van der Waals surface area contributed by atoms with Gasteiger partial charge < -0.3 is 4.74 Å². The van der Waals surface area contributed by atoms with Gasteiger partial charge in [0.2, 0.25) is 0 Å². The second-order valence-electron chi connectivity index (χ2n) is 5.00. The van der Waals surface area contributed by atoms with Crippen LogP contribution in [0.25, 0.3) is 0 Å². The lowest BCUT2D eigenvalue weighted by atomic mass is 10.1. The molecule has 0 spiro atoms. The lowest BCUT2D eigenvalue weighted by Crippen LogP contribution is -2.47. The van der Waals surface area contributed by atoms with E-state index in [-0.39, 0.29) is 18.0 Å². The van der Waals surface area contributed by atoms with E-state index in [1.807, 2.05) is 13.8 Å². The lowest BCUT2D eigenvalue weighted by Gasteiger charge is -2.34. The molecule has 1 saturated heterocycles. The van der Waals surface area contributed by atoms with Crippen LogP contribution in [0.2, 0.25) is 10.0 Å². The van der Waals surface area contributed by atoms with Gasteiger partial charge in [-0.1, -0.05) is 23.2 Å². The Morgan fingerprint density at radius 3 is 2.53 bits per heavy atom. The summed E-state index contributed by atoms with van der Waals surface area (Å²) in [5, 5.41) is 0.946. The molecule has 0 aliphatic carbocycles. The number of ether oxygens (including phenoxy) is 1. The molecule has 1 aliphatic rings. The molecule has 0 amide bonds. The van der Waals surface area contributed by atoms with Crippen LogP contribution in [0.1, 0.15) is 24.2 Å². The van der Waals surface area contributed by atoms with Gasteiger partial charge >= 0.3 is 0 Å². The van der Waals surface area contributed by atoms with Gasteiger partial charge in [-0.2, -0.15) is 0 Å². The predicted molar refractivity (Wildman–Crippen MR) is 77.2 cm³/mol. The van der Waals surface area contributed by atoms with Crippen LogP contribution in [0.3, 0.4) is 0 Å². The Morgan fingerprint density at radius 1 is 1.32 bits per heavy atom. The Hall–Kier alpha value is -0.610. The first-order valence-corrected chi connectivity index (χ1v) is 7.07. The number of Topliss-reactive ketones (excluding diaryl/α,β-unsaturated/α-hetero) is 1. The third-order valence-corrected chi connectivity index (χ3v) is 3.64. The van der Waals surface area contributed by atoms with Crippen molar-refractivity contribution >= 4 is 29.0 Å². The largest absolute Gasteiger partial charge is 0.373 e. The van der Waals surface area contributed by atoms with Crippen LogP contribution >= 0.6 is 23.2 Å². The highest BCUT2D eigenvalue weighted by molar-refractivity contribution is 6.36. The van der Waals surface area contributed by atoms with Gasteiger partial charge in [0.05, 0.1) is 23.8 Å². The standard InChI is InChI=1S/C14H17Cl2NO2/c1-9-6-17(7-10(2)19-9)8-14(18)12-4-3-11(15)5-13(12)16/h3-5,9-10H,6-8H2,1-2H3. The first kappa shape index (κ1) is 14.8. The summed E-state index contributed by atoms with van der Waals surface area (Å²) in [4.78, 5) is 14.4. The molecule has 3 nitrogen and oxygen atoms in total. The third kappa shape index (κ3) is 3.93. The first-order chi connectivity index (χ1) is 8.95. The molecular formula is C14H17Cl2NO2.